The molecule has 6 heteroatoms. The minimum atomic E-state index is -0.455. The molecule has 0 unspecified atom stereocenters. The van der Waals surface area contributed by atoms with Crippen LogP contribution < -0.4 is 10.6 Å². The van der Waals surface area contributed by atoms with Gasteiger partial charge >= 0.3 is 0 Å². The number of primary amides is 1. The number of rotatable bonds is 2. The topological polar surface area (TPSA) is 72.9 Å². The van der Waals surface area contributed by atoms with Gasteiger partial charge in [-0.3, -0.25) is 4.79 Å². The summed E-state index contributed by atoms with van der Waals surface area (Å²) in [6.07, 6.45) is 3.34. The number of morpholine rings is 1. The van der Waals surface area contributed by atoms with Gasteiger partial charge in [-0.25, -0.2) is 4.52 Å². The van der Waals surface area contributed by atoms with Gasteiger partial charge in [-0.05, 0) is 12.1 Å². The Hall–Kier alpha value is -2.08. The van der Waals surface area contributed by atoms with Crippen molar-refractivity contribution in [1.29, 1.82) is 0 Å². The van der Waals surface area contributed by atoms with Crippen molar-refractivity contribution in [3.05, 3.63) is 30.1 Å². The van der Waals surface area contributed by atoms with Crippen LogP contribution in [0.5, 0.6) is 0 Å². The lowest BCUT2D eigenvalue weighted by Gasteiger charge is -2.28. The fraction of sp³-hybridized carbons (Fsp3) is 0.333. The van der Waals surface area contributed by atoms with Crippen LogP contribution in [-0.4, -0.2) is 41.8 Å². The van der Waals surface area contributed by atoms with Crippen molar-refractivity contribution in [1.82, 2.24) is 9.61 Å². The van der Waals surface area contributed by atoms with E-state index in [0.717, 1.165) is 37.5 Å². The van der Waals surface area contributed by atoms with Crippen LogP contribution in [0.3, 0.4) is 0 Å². The van der Waals surface area contributed by atoms with Crippen LogP contribution in [0.4, 0.5) is 5.69 Å². The van der Waals surface area contributed by atoms with E-state index in [0.29, 0.717) is 5.56 Å². The van der Waals surface area contributed by atoms with E-state index in [1.165, 1.54) is 6.20 Å². The Morgan fingerprint density at radius 1 is 1.39 bits per heavy atom. The number of carbonyl (C=O) groups excluding carboxylic acids is 1. The van der Waals surface area contributed by atoms with Gasteiger partial charge in [0.25, 0.3) is 5.91 Å². The molecule has 3 heterocycles. The first-order valence-electron chi connectivity index (χ1n) is 5.85. The van der Waals surface area contributed by atoms with Crippen molar-refractivity contribution < 1.29 is 9.53 Å². The number of pyridine rings is 1. The molecule has 0 bridgehead atoms. The fourth-order valence-electron chi connectivity index (χ4n) is 2.18. The summed E-state index contributed by atoms with van der Waals surface area (Å²) in [6, 6.07) is 3.93. The molecule has 0 aromatic carbocycles. The average molecular weight is 246 g/mol. The van der Waals surface area contributed by atoms with Crippen LogP contribution >= 0.6 is 0 Å². The number of hydrogen-bond donors (Lipinski definition) is 1. The molecule has 2 aromatic heterocycles. The standard InChI is InChI=1S/C12H14N4O2/c13-12(17)10-8-14-16-2-1-9(7-11(10)16)15-3-5-18-6-4-15/h1-2,7-8H,3-6H2,(H2,13,17). The second-order valence-electron chi connectivity index (χ2n) is 4.24. The number of anilines is 1. The molecule has 0 aliphatic carbocycles. The van der Waals surface area contributed by atoms with Crippen LogP contribution in [0.2, 0.25) is 0 Å². The summed E-state index contributed by atoms with van der Waals surface area (Å²) in [6.45, 7) is 3.17. The molecule has 1 fully saturated rings. The van der Waals surface area contributed by atoms with Crippen molar-refractivity contribution >= 4 is 17.1 Å². The first-order chi connectivity index (χ1) is 8.75. The van der Waals surface area contributed by atoms with Crippen molar-refractivity contribution in [3.8, 4) is 0 Å². The van der Waals surface area contributed by atoms with Crippen LogP contribution in [0.15, 0.2) is 24.5 Å². The maximum Gasteiger partial charge on any atom is 0.252 e. The number of carbonyl (C=O) groups is 1. The van der Waals surface area contributed by atoms with Gasteiger partial charge < -0.3 is 15.4 Å². The highest BCUT2D eigenvalue weighted by atomic mass is 16.5. The van der Waals surface area contributed by atoms with Crippen LogP contribution in [0, 0.1) is 0 Å². The number of nitrogens with zero attached hydrogens (tertiary/aromatic N) is 3. The lowest BCUT2D eigenvalue weighted by Crippen LogP contribution is -2.36. The lowest BCUT2D eigenvalue weighted by molar-refractivity contribution is 0.100. The number of nitrogens with two attached hydrogens (primary N) is 1. The SMILES string of the molecule is NC(=O)c1cnn2ccc(N3CCOCC3)cc12. The lowest BCUT2D eigenvalue weighted by atomic mass is 10.2. The van der Waals surface area contributed by atoms with Crippen molar-refractivity contribution in [2.45, 2.75) is 0 Å². The number of fused-ring (bicyclic) bond motifs is 1. The first kappa shape index (κ1) is 11.0. The summed E-state index contributed by atoms with van der Waals surface area (Å²) < 4.78 is 6.98. The van der Waals surface area contributed by atoms with E-state index in [1.54, 1.807) is 4.52 Å². The Balaban J connectivity index is 2.03. The summed E-state index contributed by atoms with van der Waals surface area (Å²) in [5.41, 5.74) is 7.58. The third-order valence-electron chi connectivity index (χ3n) is 3.15. The van der Waals surface area contributed by atoms with Gasteiger partial charge in [0, 0.05) is 25.0 Å². The smallest absolute Gasteiger partial charge is 0.252 e. The van der Waals surface area contributed by atoms with Gasteiger partial charge in [0.15, 0.2) is 0 Å². The van der Waals surface area contributed by atoms with E-state index in [-0.39, 0.29) is 0 Å². The molecule has 1 amide bonds. The van der Waals surface area contributed by atoms with Crippen LogP contribution in [0.25, 0.3) is 5.52 Å². The fourth-order valence-corrected chi connectivity index (χ4v) is 2.18. The Labute approximate surface area is 104 Å². The molecule has 1 aliphatic heterocycles. The van der Waals surface area contributed by atoms with E-state index in [2.05, 4.69) is 10.00 Å². The highest BCUT2D eigenvalue weighted by molar-refractivity contribution is 5.99. The predicted octanol–water partition coefficient (Wildman–Crippen LogP) is 0.270. The van der Waals surface area contributed by atoms with Gasteiger partial charge in [0.2, 0.25) is 0 Å². The molecule has 18 heavy (non-hydrogen) atoms. The Kier molecular flexibility index (Phi) is 2.64. The molecule has 0 spiro atoms. The maximum atomic E-state index is 11.3. The van der Waals surface area contributed by atoms with Crippen molar-refractivity contribution in [2.75, 3.05) is 31.2 Å². The minimum Gasteiger partial charge on any atom is -0.378 e. The van der Waals surface area contributed by atoms with Crippen molar-refractivity contribution in [2.24, 2.45) is 5.73 Å². The Bertz CT molecular complexity index is 587. The monoisotopic (exact) mass is 246 g/mol. The molecule has 0 saturated carbocycles. The molecule has 0 atom stereocenters. The normalized spacial score (nSPS) is 16.1. The van der Waals surface area contributed by atoms with E-state index in [4.69, 9.17) is 10.5 Å². The highest BCUT2D eigenvalue weighted by Crippen LogP contribution is 2.20. The van der Waals surface area contributed by atoms with Gasteiger partial charge in [-0.1, -0.05) is 0 Å². The highest BCUT2D eigenvalue weighted by Gasteiger charge is 2.14. The second kappa shape index (κ2) is 4.30. The Morgan fingerprint density at radius 2 is 2.17 bits per heavy atom. The summed E-state index contributed by atoms with van der Waals surface area (Å²) in [5, 5.41) is 4.10. The van der Waals surface area contributed by atoms with Gasteiger partial charge in [-0.2, -0.15) is 5.10 Å². The summed E-state index contributed by atoms with van der Waals surface area (Å²) >= 11 is 0. The minimum absolute atomic E-state index is 0.449. The molecule has 94 valence electrons. The molecule has 1 saturated heterocycles. The van der Waals surface area contributed by atoms with E-state index >= 15 is 0 Å². The molecule has 1 aliphatic rings. The molecule has 0 radical (unpaired) electrons. The van der Waals surface area contributed by atoms with Crippen LogP contribution in [-0.2, 0) is 4.74 Å². The summed E-state index contributed by atoms with van der Waals surface area (Å²) in [4.78, 5) is 13.5. The second-order valence-corrected chi connectivity index (χ2v) is 4.24. The summed E-state index contributed by atoms with van der Waals surface area (Å²) in [7, 11) is 0. The van der Waals surface area contributed by atoms with E-state index < -0.39 is 5.91 Å². The zero-order valence-electron chi connectivity index (χ0n) is 9.87. The largest absolute Gasteiger partial charge is 0.378 e. The van der Waals surface area contributed by atoms with Gasteiger partial charge in [0.05, 0.1) is 30.5 Å². The maximum absolute atomic E-state index is 11.3. The van der Waals surface area contributed by atoms with Gasteiger partial charge in [-0.15, -0.1) is 0 Å². The van der Waals surface area contributed by atoms with E-state index in [1.807, 2.05) is 18.3 Å². The predicted molar refractivity (Wildman–Crippen MR) is 66.7 cm³/mol. The Morgan fingerprint density at radius 3 is 2.89 bits per heavy atom. The molecular weight excluding hydrogens is 232 g/mol. The number of amides is 1. The quantitative estimate of drug-likeness (QED) is 0.825. The molecular formula is C12H14N4O2. The van der Waals surface area contributed by atoms with Crippen LogP contribution in [0.1, 0.15) is 10.4 Å². The summed E-state index contributed by atoms with van der Waals surface area (Å²) in [5.74, 6) is -0.455. The third kappa shape index (κ3) is 1.80. The molecule has 6 nitrogen and oxygen atoms in total. The zero-order chi connectivity index (χ0) is 12.5. The first-order valence-corrected chi connectivity index (χ1v) is 5.85. The molecule has 2 aromatic rings. The van der Waals surface area contributed by atoms with E-state index in [9.17, 15) is 4.79 Å². The van der Waals surface area contributed by atoms with Crippen molar-refractivity contribution in [3.63, 3.8) is 0 Å². The number of hydrogen-bond acceptors (Lipinski definition) is 4. The average Bonchev–Trinajstić information content (AvgIpc) is 2.82. The molecule has 2 N–H and O–H groups in total. The molecule has 3 rings (SSSR count). The number of ether oxygens (including phenoxy) is 1. The zero-order valence-corrected chi connectivity index (χ0v) is 9.87. The number of aromatic nitrogens is 2. The van der Waals surface area contributed by atoms with Gasteiger partial charge in [0.1, 0.15) is 0 Å². The third-order valence-corrected chi connectivity index (χ3v) is 3.15.